The predicted octanol–water partition coefficient (Wildman–Crippen LogP) is 3.92. The van der Waals surface area contributed by atoms with Gasteiger partial charge in [-0.2, -0.15) is 5.10 Å². The van der Waals surface area contributed by atoms with Crippen LogP contribution in [0.15, 0.2) is 60.9 Å². The molecule has 0 saturated heterocycles. The molecule has 0 bridgehead atoms. The number of hydrogen-bond acceptors (Lipinski definition) is 3. The Morgan fingerprint density at radius 2 is 1.93 bits per heavy atom. The number of aryl methyl sites for hydroxylation is 3. The summed E-state index contributed by atoms with van der Waals surface area (Å²) in [6, 6.07) is 15.9. The van der Waals surface area contributed by atoms with Crippen LogP contribution in [0.5, 0.6) is 0 Å². The Kier molecular flexibility index (Phi) is 4.77. The second kappa shape index (κ2) is 7.37. The quantitative estimate of drug-likeness (QED) is 0.325. The average molecular weight is 380 g/mol. The maximum Gasteiger partial charge on any atom is 0.325 e. The smallest absolute Gasteiger partial charge is 0.284 e. The summed E-state index contributed by atoms with van der Waals surface area (Å²) < 4.78 is 2.87. The van der Waals surface area contributed by atoms with Crippen molar-refractivity contribution in [3.05, 3.63) is 82.9 Å². The van der Waals surface area contributed by atoms with E-state index in [9.17, 15) is 5.21 Å². The van der Waals surface area contributed by atoms with Crippen LogP contribution in [0.2, 0.25) is 5.15 Å². The molecule has 0 unspecified atom stereocenters. The van der Waals surface area contributed by atoms with Crippen LogP contribution >= 0.6 is 11.6 Å². The molecule has 3 aromatic heterocycles. The highest BCUT2D eigenvalue weighted by Crippen LogP contribution is 2.22. The van der Waals surface area contributed by atoms with E-state index >= 15 is 0 Å². The molecule has 0 amide bonds. The SMILES string of the molecule is CCc1cnn2c(CCc3ccc(Cl)[n+](O)c3)cc(-c3ccccc3)nc12. The van der Waals surface area contributed by atoms with Crippen molar-refractivity contribution in [1.82, 2.24) is 14.6 Å². The van der Waals surface area contributed by atoms with Gasteiger partial charge >= 0.3 is 5.15 Å². The second-order valence-corrected chi connectivity index (χ2v) is 6.85. The van der Waals surface area contributed by atoms with Gasteiger partial charge in [-0.15, -0.1) is 0 Å². The first-order chi connectivity index (χ1) is 13.2. The van der Waals surface area contributed by atoms with Crippen LogP contribution in [-0.2, 0) is 19.3 Å². The number of pyridine rings is 1. The van der Waals surface area contributed by atoms with Crippen molar-refractivity contribution in [1.29, 1.82) is 0 Å². The Hall–Kier alpha value is -2.92. The molecule has 27 heavy (non-hydrogen) atoms. The van der Waals surface area contributed by atoms with Gasteiger partial charge in [-0.05, 0) is 43.0 Å². The van der Waals surface area contributed by atoms with Crippen molar-refractivity contribution in [3.8, 4) is 11.3 Å². The monoisotopic (exact) mass is 379 g/mol. The van der Waals surface area contributed by atoms with Crippen LogP contribution in [0.4, 0.5) is 0 Å². The summed E-state index contributed by atoms with van der Waals surface area (Å²) in [7, 11) is 0. The van der Waals surface area contributed by atoms with Crippen molar-refractivity contribution in [2.24, 2.45) is 0 Å². The van der Waals surface area contributed by atoms with Crippen LogP contribution in [0, 0.1) is 0 Å². The number of benzene rings is 1. The average Bonchev–Trinajstić information content (AvgIpc) is 3.12. The predicted molar refractivity (Wildman–Crippen MR) is 104 cm³/mol. The molecule has 0 aliphatic carbocycles. The van der Waals surface area contributed by atoms with Crippen molar-refractivity contribution in [2.45, 2.75) is 26.2 Å². The van der Waals surface area contributed by atoms with E-state index < -0.39 is 0 Å². The molecule has 6 heteroatoms. The molecular weight excluding hydrogens is 360 g/mol. The highest BCUT2D eigenvalue weighted by atomic mass is 35.5. The van der Waals surface area contributed by atoms with Gasteiger partial charge in [-0.1, -0.05) is 37.3 Å². The maximum absolute atomic E-state index is 9.75. The molecule has 1 aromatic carbocycles. The number of halogens is 1. The Bertz CT molecular complexity index is 1090. The van der Waals surface area contributed by atoms with E-state index in [4.69, 9.17) is 16.6 Å². The highest BCUT2D eigenvalue weighted by Gasteiger charge is 2.13. The fourth-order valence-electron chi connectivity index (χ4n) is 3.19. The van der Waals surface area contributed by atoms with Gasteiger partial charge in [0.05, 0.1) is 11.9 Å². The van der Waals surface area contributed by atoms with Crippen molar-refractivity contribution >= 4 is 17.2 Å². The molecule has 0 aliphatic rings. The van der Waals surface area contributed by atoms with E-state index in [0.717, 1.165) is 57.7 Å². The summed E-state index contributed by atoms with van der Waals surface area (Å²) in [5.74, 6) is 0. The molecule has 0 aliphatic heterocycles. The van der Waals surface area contributed by atoms with Crippen LogP contribution < -0.4 is 4.73 Å². The van der Waals surface area contributed by atoms with E-state index in [-0.39, 0.29) is 5.15 Å². The summed E-state index contributed by atoms with van der Waals surface area (Å²) in [5, 5.41) is 14.6. The molecular formula is C21H20ClN4O+. The van der Waals surface area contributed by atoms with Gasteiger partial charge in [0.1, 0.15) is 0 Å². The van der Waals surface area contributed by atoms with E-state index in [2.05, 4.69) is 30.2 Å². The summed E-state index contributed by atoms with van der Waals surface area (Å²) >= 11 is 5.87. The largest absolute Gasteiger partial charge is 0.325 e. The molecule has 0 spiro atoms. The minimum atomic E-state index is 0.288. The summed E-state index contributed by atoms with van der Waals surface area (Å²) in [4.78, 5) is 4.86. The van der Waals surface area contributed by atoms with Gasteiger partial charge in [0.2, 0.25) is 6.20 Å². The topological polar surface area (TPSA) is 54.3 Å². The lowest BCUT2D eigenvalue weighted by Crippen LogP contribution is -2.31. The molecule has 0 fully saturated rings. The van der Waals surface area contributed by atoms with Gasteiger partial charge in [-0.3, -0.25) is 5.21 Å². The molecule has 3 heterocycles. The first kappa shape index (κ1) is 17.5. The number of rotatable bonds is 5. The van der Waals surface area contributed by atoms with Gasteiger partial charge < -0.3 is 0 Å². The fraction of sp³-hybridized carbons (Fsp3) is 0.190. The normalized spacial score (nSPS) is 11.2. The van der Waals surface area contributed by atoms with Crippen molar-refractivity contribution < 1.29 is 9.94 Å². The second-order valence-electron chi connectivity index (χ2n) is 6.46. The molecule has 4 aromatic rings. The first-order valence-corrected chi connectivity index (χ1v) is 9.35. The summed E-state index contributed by atoms with van der Waals surface area (Å²) in [6.45, 7) is 2.11. The third kappa shape index (κ3) is 3.51. The molecule has 0 saturated carbocycles. The standard InChI is InChI=1S/C21H20ClN4O/c1-2-16-13-23-26-18(10-8-15-9-11-20(22)25(27)14-15)12-19(24-21(16)26)17-6-4-3-5-7-17/h3-7,9,11-14,27H,2,8,10H2,1H3/q+1. The maximum atomic E-state index is 9.75. The van der Waals surface area contributed by atoms with E-state index in [1.807, 2.05) is 35.0 Å². The fourth-order valence-corrected chi connectivity index (χ4v) is 3.30. The first-order valence-electron chi connectivity index (χ1n) is 8.97. The number of hydrogen-bond donors (Lipinski definition) is 1. The van der Waals surface area contributed by atoms with Gasteiger partial charge in [0.25, 0.3) is 0 Å². The Balaban J connectivity index is 1.74. The van der Waals surface area contributed by atoms with Crippen LogP contribution in [-0.4, -0.2) is 19.8 Å². The molecule has 0 atom stereocenters. The van der Waals surface area contributed by atoms with E-state index in [0.29, 0.717) is 0 Å². The molecule has 4 rings (SSSR count). The van der Waals surface area contributed by atoms with Crippen LogP contribution in [0.3, 0.4) is 0 Å². The van der Waals surface area contributed by atoms with Crippen LogP contribution in [0.25, 0.3) is 16.9 Å². The third-order valence-electron chi connectivity index (χ3n) is 4.68. The lowest BCUT2D eigenvalue weighted by atomic mass is 10.1. The Labute approximate surface area is 162 Å². The molecule has 1 N–H and O–H groups in total. The molecule has 5 nitrogen and oxygen atoms in total. The van der Waals surface area contributed by atoms with Crippen LogP contribution in [0.1, 0.15) is 23.7 Å². The number of aromatic nitrogens is 4. The zero-order valence-corrected chi connectivity index (χ0v) is 15.8. The Morgan fingerprint density at radius 1 is 1.11 bits per heavy atom. The zero-order chi connectivity index (χ0) is 18.8. The minimum absolute atomic E-state index is 0.288. The number of fused-ring (bicyclic) bond motifs is 1. The van der Waals surface area contributed by atoms with E-state index in [1.54, 1.807) is 12.3 Å². The lowest BCUT2D eigenvalue weighted by molar-refractivity contribution is -0.903. The summed E-state index contributed by atoms with van der Waals surface area (Å²) in [5.41, 5.74) is 6.15. The lowest BCUT2D eigenvalue weighted by Gasteiger charge is -2.09. The van der Waals surface area contributed by atoms with Gasteiger partial charge in [0, 0.05) is 33.2 Å². The Morgan fingerprint density at radius 3 is 2.67 bits per heavy atom. The molecule has 136 valence electrons. The van der Waals surface area contributed by atoms with E-state index in [1.165, 1.54) is 0 Å². The van der Waals surface area contributed by atoms with Gasteiger partial charge in [-0.25, -0.2) is 9.50 Å². The highest BCUT2D eigenvalue weighted by molar-refractivity contribution is 6.28. The van der Waals surface area contributed by atoms with Crippen molar-refractivity contribution in [3.63, 3.8) is 0 Å². The molecule has 0 radical (unpaired) electrons. The summed E-state index contributed by atoms with van der Waals surface area (Å²) in [6.07, 6.45) is 5.94. The third-order valence-corrected chi connectivity index (χ3v) is 4.98. The number of nitrogens with zero attached hydrogens (tertiary/aromatic N) is 4. The zero-order valence-electron chi connectivity index (χ0n) is 15.0. The minimum Gasteiger partial charge on any atom is -0.284 e. The van der Waals surface area contributed by atoms with Crippen molar-refractivity contribution in [2.75, 3.05) is 0 Å². The van der Waals surface area contributed by atoms with Gasteiger partial charge in [0.15, 0.2) is 5.65 Å².